The zero-order valence-electron chi connectivity index (χ0n) is 17.6. The van der Waals surface area contributed by atoms with Crippen LogP contribution in [0, 0.1) is 11.2 Å². The van der Waals surface area contributed by atoms with Crippen LogP contribution in [-0.2, 0) is 17.6 Å². The Balaban J connectivity index is 1.38. The third-order valence-corrected chi connectivity index (χ3v) is 7.98. The Morgan fingerprint density at radius 2 is 2.13 bits per heavy atom. The average Bonchev–Trinajstić information content (AvgIpc) is 3.14. The number of benzene rings is 1. The van der Waals surface area contributed by atoms with Gasteiger partial charge in [0.25, 0.3) is 0 Å². The van der Waals surface area contributed by atoms with Crippen LogP contribution in [0.3, 0.4) is 0 Å². The maximum absolute atomic E-state index is 13.5. The molecule has 1 saturated heterocycles. The Morgan fingerprint density at radius 3 is 2.94 bits per heavy atom. The number of ether oxygens (including phenoxy) is 1. The summed E-state index contributed by atoms with van der Waals surface area (Å²) in [7, 11) is 0. The van der Waals surface area contributed by atoms with Gasteiger partial charge in [-0.2, -0.15) is 0 Å². The quantitative estimate of drug-likeness (QED) is 0.549. The largest absolute Gasteiger partial charge is 0.379 e. The van der Waals surface area contributed by atoms with Crippen molar-refractivity contribution in [1.29, 1.82) is 0 Å². The van der Waals surface area contributed by atoms with Crippen molar-refractivity contribution in [2.24, 2.45) is 5.41 Å². The summed E-state index contributed by atoms with van der Waals surface area (Å²) in [6, 6.07) is 4.63. The fraction of sp³-hybridized carbons (Fsp3) is 0.478. The van der Waals surface area contributed by atoms with Gasteiger partial charge in [0.15, 0.2) is 0 Å². The van der Waals surface area contributed by atoms with Crippen LogP contribution in [0.5, 0.6) is 0 Å². The van der Waals surface area contributed by atoms with Gasteiger partial charge >= 0.3 is 0 Å². The molecule has 0 amide bonds. The Bertz CT molecular complexity index is 1100. The topological polar surface area (TPSA) is 50.3 Å². The summed E-state index contributed by atoms with van der Waals surface area (Å²) in [4.78, 5) is 14.0. The molecule has 1 unspecified atom stereocenters. The van der Waals surface area contributed by atoms with E-state index in [4.69, 9.17) is 16.3 Å². The van der Waals surface area contributed by atoms with Crippen LogP contribution >= 0.6 is 22.9 Å². The Morgan fingerprint density at radius 1 is 1.29 bits per heavy atom. The van der Waals surface area contributed by atoms with Gasteiger partial charge in [0.1, 0.15) is 22.8 Å². The van der Waals surface area contributed by atoms with Crippen LogP contribution in [0.1, 0.15) is 30.2 Å². The van der Waals surface area contributed by atoms with Crippen LogP contribution in [0.4, 0.5) is 15.9 Å². The first-order valence-corrected chi connectivity index (χ1v) is 12.0. The van der Waals surface area contributed by atoms with Crippen molar-refractivity contribution in [3.63, 3.8) is 0 Å². The van der Waals surface area contributed by atoms with Gasteiger partial charge in [-0.15, -0.1) is 11.3 Å². The molecular formula is C23H26ClFN4OS. The predicted octanol–water partition coefficient (Wildman–Crippen LogP) is 5.44. The molecule has 3 aromatic rings. The SMILES string of the molecule is CC1(CCN2CCOCC2)CCc2c(sc3ncnc(Nc4ccc(F)c(Cl)c4)c23)C1. The number of nitrogens with zero attached hydrogens (tertiary/aromatic N) is 3. The number of aromatic nitrogens is 2. The molecule has 1 N–H and O–H groups in total. The Hall–Kier alpha value is -1.80. The molecule has 2 aromatic heterocycles. The van der Waals surface area contributed by atoms with E-state index in [-0.39, 0.29) is 5.02 Å². The summed E-state index contributed by atoms with van der Waals surface area (Å²) in [6.07, 6.45) is 6.06. The van der Waals surface area contributed by atoms with Crippen molar-refractivity contribution >= 4 is 44.7 Å². The van der Waals surface area contributed by atoms with Gasteiger partial charge in [-0.25, -0.2) is 14.4 Å². The number of morpholine rings is 1. The van der Waals surface area contributed by atoms with E-state index in [1.54, 1.807) is 29.8 Å². The summed E-state index contributed by atoms with van der Waals surface area (Å²) in [5.41, 5.74) is 2.38. The van der Waals surface area contributed by atoms with Crippen LogP contribution in [0.15, 0.2) is 24.5 Å². The van der Waals surface area contributed by atoms with Crippen LogP contribution in [0.25, 0.3) is 10.2 Å². The lowest BCUT2D eigenvalue weighted by molar-refractivity contribution is 0.0310. The highest BCUT2D eigenvalue weighted by Crippen LogP contribution is 2.45. The molecule has 0 bridgehead atoms. The maximum Gasteiger partial charge on any atom is 0.142 e. The molecule has 3 heterocycles. The molecule has 31 heavy (non-hydrogen) atoms. The molecule has 164 valence electrons. The van der Waals surface area contributed by atoms with Crippen molar-refractivity contribution in [2.75, 3.05) is 38.2 Å². The van der Waals surface area contributed by atoms with Gasteiger partial charge in [0, 0.05) is 23.7 Å². The number of aryl methyl sites for hydroxylation is 1. The zero-order valence-corrected chi connectivity index (χ0v) is 19.2. The van der Waals surface area contributed by atoms with Crippen LogP contribution in [0.2, 0.25) is 5.02 Å². The Labute approximate surface area is 190 Å². The van der Waals surface area contributed by atoms with E-state index in [0.717, 1.165) is 73.8 Å². The smallest absolute Gasteiger partial charge is 0.142 e. The highest BCUT2D eigenvalue weighted by Gasteiger charge is 2.33. The number of hydrogen-bond donors (Lipinski definition) is 1. The van der Waals surface area contributed by atoms with Gasteiger partial charge in [0.05, 0.1) is 23.6 Å². The van der Waals surface area contributed by atoms with E-state index in [1.165, 1.54) is 22.9 Å². The van der Waals surface area contributed by atoms with Crippen molar-refractivity contribution in [1.82, 2.24) is 14.9 Å². The van der Waals surface area contributed by atoms with Gasteiger partial charge in [0.2, 0.25) is 0 Å². The number of thiophene rings is 1. The van der Waals surface area contributed by atoms with Crippen LogP contribution in [-0.4, -0.2) is 47.7 Å². The third-order valence-electron chi connectivity index (χ3n) is 6.55. The molecule has 0 spiro atoms. The minimum Gasteiger partial charge on any atom is -0.379 e. The molecule has 1 aliphatic carbocycles. The maximum atomic E-state index is 13.5. The monoisotopic (exact) mass is 460 g/mol. The van der Waals surface area contributed by atoms with E-state index in [9.17, 15) is 4.39 Å². The van der Waals surface area contributed by atoms with Gasteiger partial charge in [-0.3, -0.25) is 4.90 Å². The fourth-order valence-corrected chi connectivity index (χ4v) is 6.20. The highest BCUT2D eigenvalue weighted by atomic mass is 35.5. The number of hydrogen-bond acceptors (Lipinski definition) is 6. The van der Waals surface area contributed by atoms with Crippen molar-refractivity contribution in [3.05, 3.63) is 45.8 Å². The second kappa shape index (κ2) is 8.62. The number of nitrogens with one attached hydrogen (secondary N) is 1. The first-order chi connectivity index (χ1) is 15.0. The summed E-state index contributed by atoms with van der Waals surface area (Å²) in [6.45, 7) is 7.35. The lowest BCUT2D eigenvalue weighted by Gasteiger charge is -2.36. The van der Waals surface area contributed by atoms with Crippen LogP contribution < -0.4 is 5.32 Å². The zero-order chi connectivity index (χ0) is 21.4. The first kappa shape index (κ1) is 21.1. The highest BCUT2D eigenvalue weighted by molar-refractivity contribution is 7.19. The van der Waals surface area contributed by atoms with Gasteiger partial charge in [-0.05, 0) is 61.4 Å². The first-order valence-electron chi connectivity index (χ1n) is 10.8. The molecule has 5 nitrogen and oxygen atoms in total. The summed E-state index contributed by atoms with van der Waals surface area (Å²) in [5.74, 6) is 0.339. The van der Waals surface area contributed by atoms with E-state index in [2.05, 4.69) is 27.1 Å². The van der Waals surface area contributed by atoms with E-state index in [1.807, 2.05) is 0 Å². The van der Waals surface area contributed by atoms with Crippen molar-refractivity contribution in [3.8, 4) is 0 Å². The second-order valence-corrected chi connectivity index (χ2v) is 10.3. The Kier molecular flexibility index (Phi) is 5.86. The van der Waals surface area contributed by atoms with Crippen molar-refractivity contribution < 1.29 is 9.13 Å². The summed E-state index contributed by atoms with van der Waals surface area (Å²) in [5, 5.41) is 4.52. The minimum atomic E-state index is -0.427. The summed E-state index contributed by atoms with van der Waals surface area (Å²) >= 11 is 7.74. The van der Waals surface area contributed by atoms with E-state index >= 15 is 0 Å². The lowest BCUT2D eigenvalue weighted by Crippen LogP contribution is -2.39. The van der Waals surface area contributed by atoms with Crippen molar-refractivity contribution in [2.45, 2.75) is 32.6 Å². The molecule has 5 rings (SSSR count). The molecule has 0 saturated carbocycles. The molecule has 1 aliphatic heterocycles. The molecule has 8 heteroatoms. The normalized spacial score (nSPS) is 21.9. The van der Waals surface area contributed by atoms with Gasteiger partial charge in [-0.1, -0.05) is 18.5 Å². The molecule has 1 aromatic carbocycles. The van der Waals surface area contributed by atoms with E-state index in [0.29, 0.717) is 5.41 Å². The standard InChI is InChI=1S/C23H26ClFN4OS/c1-23(6-7-29-8-10-30-11-9-29)5-4-16-19(13-23)31-22-20(16)21(26-14-27-22)28-15-2-3-18(25)17(24)12-15/h2-3,12,14H,4-11,13H2,1H3,(H,26,27,28). The molecule has 1 fully saturated rings. The number of fused-ring (bicyclic) bond motifs is 3. The number of halogens is 2. The molecule has 0 radical (unpaired) electrons. The second-order valence-electron chi connectivity index (χ2n) is 8.85. The van der Waals surface area contributed by atoms with Gasteiger partial charge < -0.3 is 10.1 Å². The average molecular weight is 461 g/mol. The molecule has 1 atom stereocenters. The summed E-state index contributed by atoms with van der Waals surface area (Å²) < 4.78 is 19.0. The predicted molar refractivity (Wildman–Crippen MR) is 124 cm³/mol. The lowest BCUT2D eigenvalue weighted by atomic mass is 9.73. The molecular weight excluding hydrogens is 435 g/mol. The molecule has 2 aliphatic rings. The number of anilines is 2. The fourth-order valence-electron chi connectivity index (χ4n) is 4.62. The minimum absolute atomic E-state index is 0.0960. The third kappa shape index (κ3) is 4.42. The number of rotatable bonds is 5. The van der Waals surface area contributed by atoms with E-state index < -0.39 is 5.82 Å².